The summed E-state index contributed by atoms with van der Waals surface area (Å²) >= 11 is 0. The molecule has 0 aliphatic carbocycles. The fraction of sp³-hybridized carbons (Fsp3) is 0.538. The number of rotatable bonds is 6. The van der Waals surface area contributed by atoms with E-state index in [-0.39, 0.29) is 0 Å². The van der Waals surface area contributed by atoms with Gasteiger partial charge in [0, 0.05) is 18.7 Å². The number of aliphatic hydroxyl groups excluding tert-OH is 1. The topological polar surface area (TPSA) is 49.5 Å². The molecule has 2 atom stereocenters. The minimum absolute atomic E-state index is 0.405. The van der Waals surface area contributed by atoms with Gasteiger partial charge in [-0.2, -0.15) is 0 Å². The van der Waals surface area contributed by atoms with Crippen molar-refractivity contribution in [2.45, 2.75) is 25.5 Å². The van der Waals surface area contributed by atoms with Crippen molar-refractivity contribution in [3.05, 3.63) is 35.4 Å². The van der Waals surface area contributed by atoms with Crippen molar-refractivity contribution in [1.82, 2.24) is 4.90 Å². The molecule has 0 aliphatic heterocycles. The first-order valence-corrected chi connectivity index (χ1v) is 5.96. The zero-order valence-corrected chi connectivity index (χ0v) is 10.7. The van der Waals surface area contributed by atoms with Gasteiger partial charge < -0.3 is 15.7 Å². The number of likely N-dealkylation sites (N-methyl/N-ethyl adjacent to an activating group) is 1. The lowest BCUT2D eigenvalue weighted by Gasteiger charge is -2.20. The molecule has 0 amide bonds. The van der Waals surface area contributed by atoms with Gasteiger partial charge in [0.15, 0.2) is 0 Å². The van der Waals surface area contributed by atoms with E-state index >= 15 is 0 Å². The third-order valence-corrected chi connectivity index (χ3v) is 2.71. The lowest BCUT2D eigenvalue weighted by molar-refractivity contribution is 0.139. The Kier molecular flexibility index (Phi) is 5.65. The third kappa shape index (κ3) is 5.08. The number of hydrogen-bond donors (Lipinski definition) is 2. The second-order valence-electron chi connectivity index (χ2n) is 4.71. The van der Waals surface area contributed by atoms with Gasteiger partial charge in [-0.1, -0.05) is 0 Å². The summed E-state index contributed by atoms with van der Waals surface area (Å²) < 4.78 is 26.0. The monoisotopic (exact) mass is 258 g/mol. The van der Waals surface area contributed by atoms with Crippen molar-refractivity contribution in [1.29, 1.82) is 0 Å². The molecule has 1 aromatic rings. The van der Waals surface area contributed by atoms with Gasteiger partial charge in [-0.3, -0.25) is 0 Å². The average molecular weight is 258 g/mol. The minimum Gasteiger partial charge on any atom is -0.392 e. The molecule has 3 nitrogen and oxygen atoms in total. The summed E-state index contributed by atoms with van der Waals surface area (Å²) in [6, 6.07) is 2.92. The summed E-state index contributed by atoms with van der Waals surface area (Å²) in [4.78, 5) is 1.93. The van der Waals surface area contributed by atoms with Crippen LogP contribution in [0.3, 0.4) is 0 Å². The van der Waals surface area contributed by atoms with Crippen LogP contribution in [0, 0.1) is 11.6 Å². The van der Waals surface area contributed by atoms with E-state index in [1.807, 2.05) is 11.9 Å². The summed E-state index contributed by atoms with van der Waals surface area (Å²) in [5, 5.41) is 9.21. The second kappa shape index (κ2) is 6.78. The van der Waals surface area contributed by atoms with Crippen LogP contribution in [0.5, 0.6) is 0 Å². The smallest absolute Gasteiger partial charge is 0.126 e. The Balaban J connectivity index is 2.52. The molecule has 0 radical (unpaired) electrons. The van der Waals surface area contributed by atoms with E-state index in [0.29, 0.717) is 25.1 Å². The zero-order chi connectivity index (χ0) is 13.7. The highest BCUT2D eigenvalue weighted by Gasteiger charge is 2.11. The molecular weight excluding hydrogens is 238 g/mol. The molecule has 3 N–H and O–H groups in total. The lowest BCUT2D eigenvalue weighted by Crippen LogP contribution is -2.30. The molecule has 2 unspecified atom stereocenters. The summed E-state index contributed by atoms with van der Waals surface area (Å²) in [6.07, 6.45) is 0.171. The predicted molar refractivity (Wildman–Crippen MR) is 67.1 cm³/mol. The summed E-state index contributed by atoms with van der Waals surface area (Å²) in [6.45, 7) is 2.91. The first-order valence-electron chi connectivity index (χ1n) is 5.96. The van der Waals surface area contributed by atoms with Crippen molar-refractivity contribution in [3.63, 3.8) is 0 Å². The maximum atomic E-state index is 13.0. The molecule has 0 heterocycles. The van der Waals surface area contributed by atoms with Crippen LogP contribution in [0.15, 0.2) is 18.2 Å². The summed E-state index contributed by atoms with van der Waals surface area (Å²) in [7, 11) is 1.87. The molecular formula is C13H20F2N2O. The van der Waals surface area contributed by atoms with Crippen LogP contribution >= 0.6 is 0 Å². The Morgan fingerprint density at radius 2 is 1.83 bits per heavy atom. The quantitative estimate of drug-likeness (QED) is 0.816. The molecule has 5 heteroatoms. The van der Waals surface area contributed by atoms with Crippen LogP contribution in [0.2, 0.25) is 0 Å². The molecule has 0 aromatic heterocycles. The molecule has 0 saturated heterocycles. The molecule has 1 rings (SSSR count). The van der Waals surface area contributed by atoms with Crippen LogP contribution in [-0.2, 0) is 0 Å². The molecule has 0 aliphatic rings. The first kappa shape index (κ1) is 15.0. The van der Waals surface area contributed by atoms with Gasteiger partial charge in [-0.15, -0.1) is 0 Å². The predicted octanol–water partition coefficient (Wildman–Crippen LogP) is 1.67. The number of nitrogens with two attached hydrogens (primary N) is 1. The number of nitrogens with zero attached hydrogens (tertiary/aromatic N) is 1. The van der Waals surface area contributed by atoms with E-state index in [9.17, 15) is 13.9 Å². The van der Waals surface area contributed by atoms with Gasteiger partial charge in [-0.25, -0.2) is 8.78 Å². The van der Waals surface area contributed by atoms with Gasteiger partial charge in [-0.05, 0) is 44.6 Å². The van der Waals surface area contributed by atoms with E-state index < -0.39 is 23.8 Å². The number of halogens is 2. The molecule has 0 fully saturated rings. The van der Waals surface area contributed by atoms with Gasteiger partial charge in [0.05, 0.1) is 6.10 Å². The zero-order valence-electron chi connectivity index (χ0n) is 10.7. The highest BCUT2D eigenvalue weighted by Crippen LogP contribution is 2.17. The van der Waals surface area contributed by atoms with Crippen LogP contribution < -0.4 is 5.73 Å². The Morgan fingerprint density at radius 1 is 1.28 bits per heavy atom. The van der Waals surface area contributed by atoms with E-state index in [1.54, 1.807) is 6.92 Å². The maximum absolute atomic E-state index is 13.0. The van der Waals surface area contributed by atoms with E-state index in [0.717, 1.165) is 6.07 Å². The van der Waals surface area contributed by atoms with E-state index in [4.69, 9.17) is 5.73 Å². The Labute approximate surface area is 106 Å². The molecule has 18 heavy (non-hydrogen) atoms. The molecule has 102 valence electrons. The maximum Gasteiger partial charge on any atom is 0.126 e. The second-order valence-corrected chi connectivity index (χ2v) is 4.71. The SMILES string of the molecule is CC(O)CN(C)CCC(N)c1cc(F)cc(F)c1. The molecule has 0 bridgehead atoms. The molecule has 0 spiro atoms. The summed E-state index contributed by atoms with van der Waals surface area (Å²) in [5.41, 5.74) is 6.35. The van der Waals surface area contributed by atoms with Crippen molar-refractivity contribution >= 4 is 0 Å². The van der Waals surface area contributed by atoms with Crippen molar-refractivity contribution in [2.24, 2.45) is 5.73 Å². The fourth-order valence-electron chi connectivity index (χ4n) is 1.86. The Hall–Kier alpha value is -1.04. The first-order chi connectivity index (χ1) is 8.38. The van der Waals surface area contributed by atoms with Gasteiger partial charge in [0.2, 0.25) is 0 Å². The summed E-state index contributed by atoms with van der Waals surface area (Å²) in [5.74, 6) is -1.23. The van der Waals surface area contributed by atoms with Crippen LogP contribution in [-0.4, -0.2) is 36.2 Å². The normalized spacial score (nSPS) is 14.8. The largest absolute Gasteiger partial charge is 0.392 e. The van der Waals surface area contributed by atoms with Crippen molar-refractivity contribution in [2.75, 3.05) is 20.1 Å². The Morgan fingerprint density at radius 3 is 2.33 bits per heavy atom. The highest BCUT2D eigenvalue weighted by molar-refractivity contribution is 5.21. The van der Waals surface area contributed by atoms with Crippen LogP contribution in [0.4, 0.5) is 8.78 Å². The number of aliphatic hydroxyl groups is 1. The Bertz CT molecular complexity index is 365. The van der Waals surface area contributed by atoms with E-state index in [1.165, 1.54) is 12.1 Å². The number of benzene rings is 1. The highest BCUT2D eigenvalue weighted by atomic mass is 19.1. The fourth-order valence-corrected chi connectivity index (χ4v) is 1.86. The van der Waals surface area contributed by atoms with Crippen molar-refractivity contribution in [3.8, 4) is 0 Å². The lowest BCUT2D eigenvalue weighted by atomic mass is 10.0. The van der Waals surface area contributed by atoms with E-state index in [2.05, 4.69) is 0 Å². The van der Waals surface area contributed by atoms with Gasteiger partial charge >= 0.3 is 0 Å². The molecule has 1 aromatic carbocycles. The van der Waals surface area contributed by atoms with Crippen LogP contribution in [0.25, 0.3) is 0 Å². The van der Waals surface area contributed by atoms with Gasteiger partial charge in [0.25, 0.3) is 0 Å². The third-order valence-electron chi connectivity index (χ3n) is 2.71. The van der Waals surface area contributed by atoms with Crippen LogP contribution in [0.1, 0.15) is 24.9 Å². The number of hydrogen-bond acceptors (Lipinski definition) is 3. The average Bonchev–Trinajstić information content (AvgIpc) is 2.23. The van der Waals surface area contributed by atoms with Crippen molar-refractivity contribution < 1.29 is 13.9 Å². The standard InChI is InChI=1S/C13H20F2N2O/c1-9(18)8-17(2)4-3-13(16)10-5-11(14)7-12(15)6-10/h5-7,9,13,18H,3-4,8,16H2,1-2H3. The minimum atomic E-state index is -0.613. The molecule has 0 saturated carbocycles. The van der Waals surface area contributed by atoms with Gasteiger partial charge in [0.1, 0.15) is 11.6 Å².